The van der Waals surface area contributed by atoms with Gasteiger partial charge in [-0.15, -0.1) is 0 Å². The number of aromatic nitrogens is 1. The molecule has 4 rings (SSSR count). The first-order chi connectivity index (χ1) is 17.5. The molecule has 2 atom stereocenters. The second-order valence-corrected chi connectivity index (χ2v) is 9.34. The molecule has 194 valence electrons. The number of carbonyl (C=O) groups is 2. The van der Waals surface area contributed by atoms with Gasteiger partial charge in [-0.1, -0.05) is 13.0 Å². The Bertz CT molecular complexity index is 1060. The second kappa shape index (κ2) is 11.7. The van der Waals surface area contributed by atoms with Crippen molar-refractivity contribution in [3.63, 3.8) is 0 Å². The maximum Gasteiger partial charge on any atom is 0.254 e. The molecule has 0 radical (unpaired) electrons. The summed E-state index contributed by atoms with van der Waals surface area (Å²) in [5.41, 5.74) is 1.89. The number of methoxy groups -OCH3 is 2. The van der Waals surface area contributed by atoms with E-state index in [1.165, 1.54) is 7.11 Å². The van der Waals surface area contributed by atoms with Gasteiger partial charge in [0, 0.05) is 57.7 Å². The highest BCUT2D eigenvalue weighted by Gasteiger charge is 2.43. The molecule has 0 saturated carbocycles. The van der Waals surface area contributed by atoms with Crippen LogP contribution in [0.4, 0.5) is 0 Å². The van der Waals surface area contributed by atoms with Gasteiger partial charge in [0.05, 0.1) is 26.2 Å². The summed E-state index contributed by atoms with van der Waals surface area (Å²) < 4.78 is 10.9. The zero-order valence-electron chi connectivity index (χ0n) is 21.7. The van der Waals surface area contributed by atoms with E-state index >= 15 is 0 Å². The van der Waals surface area contributed by atoms with Crippen molar-refractivity contribution in [2.45, 2.75) is 25.3 Å². The van der Waals surface area contributed by atoms with Crippen molar-refractivity contribution in [2.75, 3.05) is 67.1 Å². The Labute approximate surface area is 213 Å². The zero-order valence-corrected chi connectivity index (χ0v) is 21.7. The highest BCUT2D eigenvalue weighted by molar-refractivity contribution is 6.02. The van der Waals surface area contributed by atoms with Crippen LogP contribution in [0, 0.1) is 0 Å². The Hall–Kier alpha value is -3.17. The number of nitrogens with zero attached hydrogens (tertiary/aromatic N) is 4. The number of piperazine rings is 1. The first-order valence-electron chi connectivity index (χ1n) is 12.6. The van der Waals surface area contributed by atoms with E-state index < -0.39 is 12.0 Å². The second-order valence-electron chi connectivity index (χ2n) is 9.34. The number of ether oxygens (including phenoxy) is 2. The number of likely N-dealkylation sites (N-methyl/N-ethyl adjacent to an activating group) is 2. The maximum atomic E-state index is 13.7. The van der Waals surface area contributed by atoms with Crippen LogP contribution >= 0.6 is 0 Å². The molecule has 1 aromatic heterocycles. The van der Waals surface area contributed by atoms with E-state index in [4.69, 9.17) is 9.47 Å². The molecule has 2 amide bonds. The molecule has 2 aliphatic heterocycles. The van der Waals surface area contributed by atoms with Gasteiger partial charge in [0.2, 0.25) is 5.91 Å². The van der Waals surface area contributed by atoms with Gasteiger partial charge >= 0.3 is 0 Å². The number of hydrogen-bond acceptors (Lipinski definition) is 7. The quantitative estimate of drug-likeness (QED) is 0.534. The molecule has 0 aliphatic carbocycles. The number of hydrogen-bond donors (Lipinski definition) is 1. The lowest BCUT2D eigenvalue weighted by atomic mass is 9.79. The molecule has 2 aliphatic rings. The van der Waals surface area contributed by atoms with Gasteiger partial charge in [0.25, 0.3) is 5.91 Å². The lowest BCUT2D eigenvalue weighted by Gasteiger charge is -2.40. The third kappa shape index (κ3) is 5.32. The smallest absolute Gasteiger partial charge is 0.254 e. The minimum absolute atomic E-state index is 0.118. The first kappa shape index (κ1) is 25.9. The molecule has 0 unspecified atom stereocenters. The summed E-state index contributed by atoms with van der Waals surface area (Å²) in [6.07, 6.45) is 4.28. The van der Waals surface area contributed by atoms with Crippen molar-refractivity contribution in [1.82, 2.24) is 25.0 Å². The van der Waals surface area contributed by atoms with E-state index in [9.17, 15) is 9.59 Å². The minimum Gasteiger partial charge on any atom is -0.493 e. The lowest BCUT2D eigenvalue weighted by molar-refractivity contribution is -0.124. The van der Waals surface area contributed by atoms with Crippen LogP contribution in [0.25, 0.3) is 0 Å². The minimum atomic E-state index is -0.611. The van der Waals surface area contributed by atoms with E-state index in [0.29, 0.717) is 29.2 Å². The summed E-state index contributed by atoms with van der Waals surface area (Å²) in [7, 11) is 4.82. The number of benzene rings is 1. The van der Waals surface area contributed by atoms with Gasteiger partial charge < -0.3 is 29.5 Å². The molecule has 9 heteroatoms. The number of carbonyl (C=O) groups excluding carboxylic acids is 2. The number of fused-ring (bicyclic) bond motifs is 1. The Morgan fingerprint density at radius 2 is 1.81 bits per heavy atom. The monoisotopic (exact) mass is 495 g/mol. The predicted molar refractivity (Wildman–Crippen MR) is 138 cm³/mol. The average molecular weight is 496 g/mol. The van der Waals surface area contributed by atoms with E-state index in [0.717, 1.165) is 51.3 Å². The van der Waals surface area contributed by atoms with Crippen molar-refractivity contribution < 1.29 is 19.1 Å². The van der Waals surface area contributed by atoms with Crippen LogP contribution < -0.4 is 14.8 Å². The molecule has 1 saturated heterocycles. The highest BCUT2D eigenvalue weighted by Crippen LogP contribution is 2.45. The molecular formula is C27H37N5O4. The Kier molecular flexibility index (Phi) is 8.43. The van der Waals surface area contributed by atoms with Crippen LogP contribution in [0.3, 0.4) is 0 Å². The summed E-state index contributed by atoms with van der Waals surface area (Å²) in [5.74, 6) is 0.0464. The van der Waals surface area contributed by atoms with Gasteiger partial charge in [-0.25, -0.2) is 0 Å². The van der Waals surface area contributed by atoms with Crippen LogP contribution in [-0.4, -0.2) is 98.6 Å². The third-order valence-corrected chi connectivity index (χ3v) is 7.35. The van der Waals surface area contributed by atoms with E-state index in [2.05, 4.69) is 27.0 Å². The van der Waals surface area contributed by atoms with Crippen LogP contribution in [-0.2, 0) is 4.79 Å². The zero-order chi connectivity index (χ0) is 25.7. The Morgan fingerprint density at radius 1 is 1.11 bits per heavy atom. The Balaban J connectivity index is 1.55. The number of nitrogens with one attached hydrogen (secondary N) is 1. The van der Waals surface area contributed by atoms with Crippen LogP contribution in [0.15, 0.2) is 36.7 Å². The van der Waals surface area contributed by atoms with Crippen molar-refractivity contribution in [3.05, 3.63) is 53.3 Å². The fraction of sp³-hybridized carbons (Fsp3) is 0.519. The number of amides is 2. The van der Waals surface area contributed by atoms with Gasteiger partial charge in [-0.3, -0.25) is 14.6 Å². The lowest BCUT2D eigenvalue weighted by Crippen LogP contribution is -2.47. The van der Waals surface area contributed by atoms with Crippen molar-refractivity contribution in [3.8, 4) is 11.5 Å². The summed E-state index contributed by atoms with van der Waals surface area (Å²) >= 11 is 0. The van der Waals surface area contributed by atoms with E-state index in [1.54, 1.807) is 43.6 Å². The first-order valence-corrected chi connectivity index (χ1v) is 12.6. The fourth-order valence-electron chi connectivity index (χ4n) is 5.25. The van der Waals surface area contributed by atoms with E-state index in [1.807, 2.05) is 12.1 Å². The molecule has 0 spiro atoms. The van der Waals surface area contributed by atoms with Gasteiger partial charge in [-0.2, -0.15) is 0 Å². The molecule has 1 fully saturated rings. The summed E-state index contributed by atoms with van der Waals surface area (Å²) in [5, 5.41) is 3.15. The van der Waals surface area contributed by atoms with Gasteiger partial charge in [0.15, 0.2) is 11.5 Å². The van der Waals surface area contributed by atoms with Gasteiger partial charge in [0.1, 0.15) is 0 Å². The predicted octanol–water partition coefficient (Wildman–Crippen LogP) is 2.15. The molecule has 36 heavy (non-hydrogen) atoms. The van der Waals surface area contributed by atoms with Crippen LogP contribution in [0.2, 0.25) is 0 Å². The number of rotatable bonds is 9. The van der Waals surface area contributed by atoms with Gasteiger partial charge in [-0.05, 0) is 48.8 Å². The van der Waals surface area contributed by atoms with Crippen molar-refractivity contribution in [2.24, 2.45) is 0 Å². The molecule has 0 bridgehead atoms. The average Bonchev–Trinajstić information content (AvgIpc) is 2.92. The van der Waals surface area contributed by atoms with Crippen molar-refractivity contribution >= 4 is 11.8 Å². The normalized spacial score (nSPS) is 20.7. The summed E-state index contributed by atoms with van der Waals surface area (Å²) in [6.45, 7) is 9.14. The summed E-state index contributed by atoms with van der Waals surface area (Å²) in [6, 6.07) is 6.68. The topological polar surface area (TPSA) is 87.2 Å². The van der Waals surface area contributed by atoms with Crippen LogP contribution in [0.5, 0.6) is 11.5 Å². The number of pyridine rings is 1. The Morgan fingerprint density at radius 3 is 2.44 bits per heavy atom. The maximum absolute atomic E-state index is 13.7. The standard InChI is InChI=1S/C27H37N5O4/c1-5-31-12-14-32(15-13-31)11-7-10-29-26(33)24-20-16-22(35-3)23(36-4)17-21(20)27(34)30(2)25(24)19-8-6-9-28-18-19/h6,8-9,16-18,24-25H,5,7,10-15H2,1-4H3,(H,29,33)/t24-,25-/m1/s1. The fourth-order valence-corrected chi connectivity index (χ4v) is 5.25. The highest BCUT2D eigenvalue weighted by atomic mass is 16.5. The molecule has 9 nitrogen and oxygen atoms in total. The van der Waals surface area contributed by atoms with Crippen molar-refractivity contribution in [1.29, 1.82) is 0 Å². The molecule has 1 aromatic carbocycles. The molecule has 3 heterocycles. The molecule has 1 N–H and O–H groups in total. The van der Waals surface area contributed by atoms with Crippen LogP contribution in [0.1, 0.15) is 46.8 Å². The summed E-state index contributed by atoms with van der Waals surface area (Å²) in [4.78, 5) is 37.9. The SMILES string of the molecule is CCN1CCN(CCCNC(=O)[C@@H]2c3cc(OC)c(OC)cc3C(=O)N(C)[C@@H]2c2cccnc2)CC1. The molecular weight excluding hydrogens is 458 g/mol. The van der Waals surface area contributed by atoms with E-state index in [-0.39, 0.29) is 11.8 Å². The largest absolute Gasteiger partial charge is 0.493 e. The molecule has 2 aromatic rings. The third-order valence-electron chi connectivity index (χ3n) is 7.35.